The van der Waals surface area contributed by atoms with Crippen molar-refractivity contribution in [3.05, 3.63) is 23.8 Å². The summed E-state index contributed by atoms with van der Waals surface area (Å²) in [6, 6.07) is 4.84. The highest BCUT2D eigenvalue weighted by Gasteiger charge is 2.41. The number of Topliss-reactive ketones (excluding diaryl/α,β-unsaturated/α-hetero) is 1. The lowest BCUT2D eigenvalue weighted by Crippen LogP contribution is -2.42. The molecule has 1 amide bonds. The van der Waals surface area contributed by atoms with Crippen LogP contribution in [0.2, 0.25) is 0 Å². The Morgan fingerprint density at radius 2 is 1.90 bits per heavy atom. The molecule has 112 valence electrons. The van der Waals surface area contributed by atoms with E-state index in [1.807, 2.05) is 0 Å². The van der Waals surface area contributed by atoms with E-state index in [1.54, 1.807) is 26.0 Å². The summed E-state index contributed by atoms with van der Waals surface area (Å²) < 4.78 is 9.79. The summed E-state index contributed by atoms with van der Waals surface area (Å²) in [6.45, 7) is 3.40. The fourth-order valence-corrected chi connectivity index (χ4v) is 2.30. The second kappa shape index (κ2) is 5.20. The maximum absolute atomic E-state index is 12.1. The molecule has 1 aromatic carbocycles. The van der Waals surface area contributed by atoms with Crippen molar-refractivity contribution >= 4 is 23.3 Å². The molecule has 0 fully saturated rings. The Morgan fingerprint density at radius 1 is 1.24 bits per heavy atom. The fourth-order valence-electron chi connectivity index (χ4n) is 2.30. The van der Waals surface area contributed by atoms with Crippen LogP contribution in [0.3, 0.4) is 0 Å². The molecule has 1 aromatic rings. The Morgan fingerprint density at radius 3 is 2.48 bits per heavy atom. The van der Waals surface area contributed by atoms with Gasteiger partial charge in [-0.05, 0) is 32.0 Å². The number of hydrogen-bond donors (Lipinski definition) is 0. The molecule has 21 heavy (non-hydrogen) atoms. The third-order valence-corrected chi connectivity index (χ3v) is 3.47. The summed E-state index contributed by atoms with van der Waals surface area (Å²) >= 11 is 0. The Balaban J connectivity index is 2.38. The van der Waals surface area contributed by atoms with Crippen LogP contribution in [-0.2, 0) is 14.3 Å². The summed E-state index contributed by atoms with van der Waals surface area (Å²) in [7, 11) is 2.78. The average molecular weight is 291 g/mol. The van der Waals surface area contributed by atoms with Gasteiger partial charge in [-0.15, -0.1) is 0 Å². The van der Waals surface area contributed by atoms with E-state index in [9.17, 15) is 14.4 Å². The van der Waals surface area contributed by atoms with Crippen molar-refractivity contribution < 1.29 is 23.9 Å². The lowest BCUT2D eigenvalue weighted by atomic mass is 9.93. The predicted octanol–water partition coefficient (Wildman–Crippen LogP) is 1.42. The lowest BCUT2D eigenvalue weighted by Gasteiger charge is -2.27. The maximum atomic E-state index is 12.1. The SMILES string of the molecule is COC(=O)C(C)(C)CN1C(=O)C(=O)c2cc(OC)ccc21. The second-order valence-corrected chi connectivity index (χ2v) is 5.48. The Labute approximate surface area is 122 Å². The molecule has 1 aliphatic rings. The van der Waals surface area contributed by atoms with Gasteiger partial charge in [-0.1, -0.05) is 0 Å². The third-order valence-electron chi connectivity index (χ3n) is 3.47. The molecule has 0 saturated carbocycles. The van der Waals surface area contributed by atoms with Crippen molar-refractivity contribution in [3.8, 4) is 5.75 Å². The number of carbonyl (C=O) groups excluding carboxylic acids is 3. The summed E-state index contributed by atoms with van der Waals surface area (Å²) in [5.74, 6) is -1.17. The highest BCUT2D eigenvalue weighted by molar-refractivity contribution is 6.52. The molecule has 0 atom stereocenters. The minimum Gasteiger partial charge on any atom is -0.497 e. The van der Waals surface area contributed by atoms with E-state index in [4.69, 9.17) is 9.47 Å². The number of rotatable bonds is 4. The number of amides is 1. The Kier molecular flexibility index (Phi) is 3.72. The predicted molar refractivity (Wildman–Crippen MR) is 75.5 cm³/mol. The molecule has 0 saturated heterocycles. The van der Waals surface area contributed by atoms with Gasteiger partial charge in [-0.3, -0.25) is 14.4 Å². The molecule has 0 bridgehead atoms. The van der Waals surface area contributed by atoms with Gasteiger partial charge in [0.1, 0.15) is 5.75 Å². The number of methoxy groups -OCH3 is 2. The maximum Gasteiger partial charge on any atom is 0.313 e. The zero-order valence-corrected chi connectivity index (χ0v) is 12.4. The van der Waals surface area contributed by atoms with Crippen LogP contribution < -0.4 is 9.64 Å². The van der Waals surface area contributed by atoms with Gasteiger partial charge in [-0.2, -0.15) is 0 Å². The number of ketones is 1. The van der Waals surface area contributed by atoms with Crippen molar-refractivity contribution in [1.29, 1.82) is 0 Å². The summed E-state index contributed by atoms with van der Waals surface area (Å²) in [5.41, 5.74) is -0.130. The van der Waals surface area contributed by atoms with E-state index in [1.165, 1.54) is 25.2 Å². The van der Waals surface area contributed by atoms with E-state index in [2.05, 4.69) is 0 Å². The largest absolute Gasteiger partial charge is 0.497 e. The summed E-state index contributed by atoms with van der Waals surface area (Å²) in [4.78, 5) is 37.2. The van der Waals surface area contributed by atoms with E-state index in [-0.39, 0.29) is 6.54 Å². The van der Waals surface area contributed by atoms with Gasteiger partial charge in [-0.25, -0.2) is 0 Å². The number of benzene rings is 1. The highest BCUT2D eigenvalue weighted by Crippen LogP contribution is 2.34. The topological polar surface area (TPSA) is 72.9 Å². The van der Waals surface area contributed by atoms with Crippen LogP contribution in [0.1, 0.15) is 24.2 Å². The van der Waals surface area contributed by atoms with Gasteiger partial charge in [0, 0.05) is 6.54 Å². The van der Waals surface area contributed by atoms with Crippen molar-refractivity contribution in [2.24, 2.45) is 5.41 Å². The fraction of sp³-hybridized carbons (Fsp3) is 0.400. The number of anilines is 1. The summed E-state index contributed by atoms with van der Waals surface area (Å²) in [5, 5.41) is 0. The van der Waals surface area contributed by atoms with Gasteiger partial charge >= 0.3 is 5.97 Å². The van der Waals surface area contributed by atoms with Crippen molar-refractivity contribution in [1.82, 2.24) is 0 Å². The molecule has 1 aliphatic heterocycles. The molecule has 0 aliphatic carbocycles. The van der Waals surface area contributed by atoms with Gasteiger partial charge in [0.25, 0.3) is 11.7 Å². The number of fused-ring (bicyclic) bond motifs is 1. The Bertz CT molecular complexity index is 620. The summed E-state index contributed by atoms with van der Waals surface area (Å²) in [6.07, 6.45) is 0. The zero-order chi connectivity index (χ0) is 15.8. The van der Waals surface area contributed by atoms with E-state index in [0.29, 0.717) is 17.0 Å². The molecular formula is C15H17NO5. The number of carbonyl (C=O) groups is 3. The monoisotopic (exact) mass is 291 g/mol. The second-order valence-electron chi connectivity index (χ2n) is 5.48. The first-order valence-corrected chi connectivity index (χ1v) is 6.44. The average Bonchev–Trinajstić information content (AvgIpc) is 2.70. The van der Waals surface area contributed by atoms with Gasteiger partial charge in [0.05, 0.1) is 30.9 Å². The standard InChI is InChI=1S/C15H17NO5/c1-15(2,14(19)21-4)8-16-11-6-5-9(20-3)7-10(11)12(17)13(16)18/h5-7H,8H2,1-4H3. The van der Waals surface area contributed by atoms with Gasteiger partial charge in [0.15, 0.2) is 0 Å². The van der Waals surface area contributed by atoms with Crippen LogP contribution in [0.25, 0.3) is 0 Å². The van der Waals surface area contributed by atoms with Crippen molar-refractivity contribution in [2.75, 3.05) is 25.7 Å². The van der Waals surface area contributed by atoms with E-state index in [0.717, 1.165) is 0 Å². The number of ether oxygens (including phenoxy) is 2. The van der Waals surface area contributed by atoms with Crippen LogP contribution in [0.4, 0.5) is 5.69 Å². The molecule has 0 spiro atoms. The van der Waals surface area contributed by atoms with E-state index < -0.39 is 23.1 Å². The first-order valence-electron chi connectivity index (χ1n) is 6.44. The van der Waals surface area contributed by atoms with Crippen LogP contribution in [0.15, 0.2) is 18.2 Å². The normalized spacial score (nSPS) is 14.2. The van der Waals surface area contributed by atoms with Crippen molar-refractivity contribution in [2.45, 2.75) is 13.8 Å². The van der Waals surface area contributed by atoms with Crippen LogP contribution in [0.5, 0.6) is 5.75 Å². The van der Waals surface area contributed by atoms with Gasteiger partial charge in [0.2, 0.25) is 0 Å². The van der Waals surface area contributed by atoms with Crippen LogP contribution in [-0.4, -0.2) is 38.4 Å². The quantitative estimate of drug-likeness (QED) is 0.619. The molecular weight excluding hydrogens is 274 g/mol. The number of nitrogens with zero attached hydrogens (tertiary/aromatic N) is 1. The molecule has 6 nitrogen and oxygen atoms in total. The van der Waals surface area contributed by atoms with Gasteiger partial charge < -0.3 is 14.4 Å². The van der Waals surface area contributed by atoms with Crippen molar-refractivity contribution in [3.63, 3.8) is 0 Å². The zero-order valence-electron chi connectivity index (χ0n) is 12.4. The first kappa shape index (κ1) is 15.0. The number of hydrogen-bond acceptors (Lipinski definition) is 5. The van der Waals surface area contributed by atoms with Crippen LogP contribution >= 0.6 is 0 Å². The third kappa shape index (κ3) is 2.49. The number of esters is 1. The molecule has 2 rings (SSSR count). The highest BCUT2D eigenvalue weighted by atomic mass is 16.5. The minimum atomic E-state index is -0.910. The first-order chi connectivity index (χ1) is 9.81. The molecule has 0 radical (unpaired) electrons. The Hall–Kier alpha value is -2.37. The molecule has 0 N–H and O–H groups in total. The smallest absolute Gasteiger partial charge is 0.313 e. The lowest BCUT2D eigenvalue weighted by molar-refractivity contribution is -0.150. The molecule has 0 aromatic heterocycles. The molecule has 0 unspecified atom stereocenters. The molecule has 1 heterocycles. The van der Waals surface area contributed by atoms with Crippen LogP contribution in [0, 0.1) is 5.41 Å². The molecule has 6 heteroatoms. The van der Waals surface area contributed by atoms with E-state index >= 15 is 0 Å². The minimum absolute atomic E-state index is 0.0730.